The van der Waals surface area contributed by atoms with Gasteiger partial charge in [-0.3, -0.25) is 0 Å². The molecule has 0 saturated heterocycles. The Morgan fingerprint density at radius 3 is 2.68 bits per heavy atom. The van der Waals surface area contributed by atoms with Crippen molar-refractivity contribution >= 4 is 17.4 Å². The Bertz CT molecular complexity index is 1040. The Balaban J connectivity index is 2.06. The largest absolute Gasteiger partial charge is 0.488 e. The van der Waals surface area contributed by atoms with Crippen molar-refractivity contribution in [2.75, 3.05) is 5.73 Å². The standard InChI is InChI=1S/C19H11ClFN3O/c20-11-3-1-10(2-4-11)17-14(8-22)19(23)24-18-13-7-12(21)5-6-16(13)25-9-15(17)18/h1-7H,9H2,(H2,23,24). The van der Waals surface area contributed by atoms with Crippen LogP contribution in [0.4, 0.5) is 10.2 Å². The van der Waals surface area contributed by atoms with Gasteiger partial charge in [0.15, 0.2) is 0 Å². The van der Waals surface area contributed by atoms with Gasteiger partial charge in [0, 0.05) is 21.7 Å². The van der Waals surface area contributed by atoms with E-state index in [4.69, 9.17) is 22.1 Å². The number of nitrogens with zero attached hydrogens (tertiary/aromatic N) is 2. The quantitative estimate of drug-likeness (QED) is 0.697. The predicted molar refractivity (Wildman–Crippen MR) is 93.5 cm³/mol. The van der Waals surface area contributed by atoms with Crippen molar-refractivity contribution in [1.82, 2.24) is 4.98 Å². The zero-order valence-corrected chi connectivity index (χ0v) is 13.6. The molecule has 2 aromatic carbocycles. The molecule has 0 amide bonds. The van der Waals surface area contributed by atoms with E-state index in [9.17, 15) is 9.65 Å². The highest BCUT2D eigenvalue weighted by Gasteiger charge is 2.26. The zero-order chi connectivity index (χ0) is 17.6. The van der Waals surface area contributed by atoms with E-state index in [0.29, 0.717) is 33.2 Å². The number of nitrogen functional groups attached to an aromatic ring is 1. The van der Waals surface area contributed by atoms with Crippen LogP contribution < -0.4 is 10.5 Å². The first-order chi connectivity index (χ1) is 12.1. The summed E-state index contributed by atoms with van der Waals surface area (Å²) >= 11 is 5.96. The molecule has 6 heteroatoms. The molecule has 0 bridgehead atoms. The number of halogens is 2. The summed E-state index contributed by atoms with van der Waals surface area (Å²) in [6.07, 6.45) is 0. The average Bonchev–Trinajstić information content (AvgIpc) is 2.61. The van der Waals surface area contributed by atoms with Gasteiger partial charge in [-0.15, -0.1) is 0 Å². The fourth-order valence-electron chi connectivity index (χ4n) is 3.02. The lowest BCUT2D eigenvalue weighted by Gasteiger charge is -2.24. The molecule has 25 heavy (non-hydrogen) atoms. The molecular formula is C19H11ClFN3O. The lowest BCUT2D eigenvalue weighted by Crippen LogP contribution is -2.12. The number of ether oxygens (including phenoxy) is 1. The van der Waals surface area contributed by atoms with Crippen LogP contribution in [0.25, 0.3) is 22.4 Å². The maximum Gasteiger partial charge on any atom is 0.142 e. The highest BCUT2D eigenvalue weighted by Crippen LogP contribution is 2.43. The predicted octanol–water partition coefficient (Wildman–Crippen LogP) is 4.55. The number of hydrogen-bond acceptors (Lipinski definition) is 4. The van der Waals surface area contributed by atoms with Gasteiger partial charge < -0.3 is 10.5 Å². The van der Waals surface area contributed by atoms with Crippen molar-refractivity contribution < 1.29 is 9.13 Å². The number of pyridine rings is 1. The molecule has 0 radical (unpaired) electrons. The van der Waals surface area contributed by atoms with Gasteiger partial charge in [-0.05, 0) is 35.9 Å². The van der Waals surface area contributed by atoms with Gasteiger partial charge >= 0.3 is 0 Å². The second-order valence-corrected chi connectivity index (χ2v) is 6.06. The molecule has 122 valence electrons. The number of hydrogen-bond donors (Lipinski definition) is 1. The van der Waals surface area contributed by atoms with E-state index in [-0.39, 0.29) is 18.0 Å². The maximum atomic E-state index is 13.7. The molecular weight excluding hydrogens is 341 g/mol. The van der Waals surface area contributed by atoms with Gasteiger partial charge in [-0.1, -0.05) is 23.7 Å². The number of anilines is 1. The van der Waals surface area contributed by atoms with Crippen molar-refractivity contribution in [2.24, 2.45) is 0 Å². The number of fused-ring (bicyclic) bond motifs is 3. The first-order valence-electron chi connectivity index (χ1n) is 7.49. The summed E-state index contributed by atoms with van der Waals surface area (Å²) in [7, 11) is 0. The summed E-state index contributed by atoms with van der Waals surface area (Å²) in [5.41, 5.74) is 9.45. The Morgan fingerprint density at radius 1 is 1.20 bits per heavy atom. The first-order valence-corrected chi connectivity index (χ1v) is 7.87. The minimum atomic E-state index is -0.395. The average molecular weight is 352 g/mol. The van der Waals surface area contributed by atoms with Crippen LogP contribution in [0, 0.1) is 17.1 Å². The summed E-state index contributed by atoms with van der Waals surface area (Å²) in [5.74, 6) is 0.240. The molecule has 0 aliphatic carbocycles. The molecule has 1 aromatic heterocycles. The van der Waals surface area contributed by atoms with Crippen molar-refractivity contribution in [3.8, 4) is 34.2 Å². The fourth-order valence-corrected chi connectivity index (χ4v) is 3.14. The highest BCUT2D eigenvalue weighted by molar-refractivity contribution is 6.30. The number of aromatic nitrogens is 1. The minimum Gasteiger partial charge on any atom is -0.488 e. The van der Waals surface area contributed by atoms with E-state index in [1.165, 1.54) is 12.1 Å². The summed E-state index contributed by atoms with van der Waals surface area (Å²) in [6, 6.07) is 13.4. The van der Waals surface area contributed by atoms with Crippen LogP contribution in [0.5, 0.6) is 5.75 Å². The van der Waals surface area contributed by atoms with Crippen LogP contribution in [0.1, 0.15) is 11.1 Å². The molecule has 0 spiro atoms. The molecule has 0 saturated carbocycles. The summed E-state index contributed by atoms with van der Waals surface area (Å²) < 4.78 is 19.5. The number of rotatable bonds is 1. The normalized spacial score (nSPS) is 11.9. The van der Waals surface area contributed by atoms with E-state index in [0.717, 1.165) is 5.56 Å². The van der Waals surface area contributed by atoms with Crippen LogP contribution in [0.3, 0.4) is 0 Å². The molecule has 2 heterocycles. The highest BCUT2D eigenvalue weighted by atomic mass is 35.5. The molecule has 2 N–H and O–H groups in total. The molecule has 1 aliphatic heterocycles. The van der Waals surface area contributed by atoms with Gasteiger partial charge in [-0.2, -0.15) is 5.26 Å². The summed E-state index contributed by atoms with van der Waals surface area (Å²) in [4.78, 5) is 4.35. The third-order valence-electron chi connectivity index (χ3n) is 4.14. The molecule has 4 nitrogen and oxygen atoms in total. The smallest absolute Gasteiger partial charge is 0.142 e. The monoisotopic (exact) mass is 351 g/mol. The third kappa shape index (κ3) is 2.48. The third-order valence-corrected chi connectivity index (χ3v) is 4.39. The van der Waals surface area contributed by atoms with E-state index in [1.807, 2.05) is 0 Å². The summed E-state index contributed by atoms with van der Waals surface area (Å²) in [6.45, 7) is 0.216. The number of nitrogens with two attached hydrogens (primary N) is 1. The fraction of sp³-hybridized carbons (Fsp3) is 0.0526. The Hall–Kier alpha value is -3.10. The van der Waals surface area contributed by atoms with Gasteiger partial charge in [0.2, 0.25) is 0 Å². The van der Waals surface area contributed by atoms with Gasteiger partial charge in [0.05, 0.1) is 5.69 Å². The van der Waals surface area contributed by atoms with Crippen molar-refractivity contribution in [3.63, 3.8) is 0 Å². The molecule has 0 atom stereocenters. The molecule has 4 rings (SSSR count). The topological polar surface area (TPSA) is 71.9 Å². The maximum absolute atomic E-state index is 13.7. The van der Waals surface area contributed by atoms with Crippen LogP contribution in [-0.2, 0) is 6.61 Å². The van der Waals surface area contributed by atoms with Crippen molar-refractivity contribution in [2.45, 2.75) is 6.61 Å². The molecule has 0 fully saturated rings. The van der Waals surface area contributed by atoms with Crippen LogP contribution >= 0.6 is 11.6 Å². The molecule has 1 aliphatic rings. The Morgan fingerprint density at radius 2 is 1.96 bits per heavy atom. The second-order valence-electron chi connectivity index (χ2n) is 5.62. The van der Waals surface area contributed by atoms with Gasteiger partial charge in [0.1, 0.15) is 35.6 Å². The number of benzene rings is 2. The number of nitriles is 1. The molecule has 0 unspecified atom stereocenters. The van der Waals surface area contributed by atoms with E-state index in [2.05, 4.69) is 11.1 Å². The van der Waals surface area contributed by atoms with Crippen LogP contribution in [0.2, 0.25) is 5.02 Å². The first kappa shape index (κ1) is 15.4. The Kier molecular flexibility index (Phi) is 3.56. The van der Waals surface area contributed by atoms with E-state index < -0.39 is 5.82 Å². The zero-order valence-electron chi connectivity index (χ0n) is 12.9. The van der Waals surface area contributed by atoms with Crippen molar-refractivity contribution in [1.29, 1.82) is 5.26 Å². The van der Waals surface area contributed by atoms with E-state index >= 15 is 0 Å². The van der Waals surface area contributed by atoms with E-state index in [1.54, 1.807) is 30.3 Å². The van der Waals surface area contributed by atoms with Gasteiger partial charge in [0.25, 0.3) is 0 Å². The lowest BCUT2D eigenvalue weighted by molar-refractivity contribution is 0.301. The van der Waals surface area contributed by atoms with Crippen LogP contribution in [0.15, 0.2) is 42.5 Å². The van der Waals surface area contributed by atoms with Crippen LogP contribution in [-0.4, -0.2) is 4.98 Å². The minimum absolute atomic E-state index is 0.100. The summed E-state index contributed by atoms with van der Waals surface area (Å²) in [5, 5.41) is 10.1. The molecule has 3 aromatic rings. The van der Waals surface area contributed by atoms with Crippen molar-refractivity contribution in [3.05, 3.63) is 64.4 Å². The second kappa shape index (κ2) is 5.76. The van der Waals surface area contributed by atoms with Gasteiger partial charge in [-0.25, -0.2) is 9.37 Å². The SMILES string of the molecule is N#Cc1c(N)nc2c(c1-c1ccc(Cl)cc1)COc1ccc(F)cc1-2. The Labute approximate surface area is 148 Å². The lowest BCUT2D eigenvalue weighted by atomic mass is 9.91.